The fourth-order valence-electron chi connectivity index (χ4n) is 4.73. The molecule has 0 aliphatic carbocycles. The Bertz CT molecular complexity index is 1560. The number of anilines is 1. The van der Waals surface area contributed by atoms with Gasteiger partial charge >= 0.3 is 0 Å². The second-order valence-electron chi connectivity index (χ2n) is 10.2. The summed E-state index contributed by atoms with van der Waals surface area (Å²) in [6, 6.07) is 30.0. The Balaban J connectivity index is 1.61. The number of nitrogens with zero attached hydrogens (tertiary/aromatic N) is 1. The van der Waals surface area contributed by atoms with Crippen molar-refractivity contribution in [2.45, 2.75) is 26.8 Å². The van der Waals surface area contributed by atoms with Crippen molar-refractivity contribution in [3.8, 4) is 17.2 Å². The van der Waals surface area contributed by atoms with Crippen LogP contribution in [0.5, 0.6) is 17.2 Å². The van der Waals surface area contributed by atoms with E-state index >= 15 is 0 Å². The Morgan fingerprint density at radius 2 is 1.50 bits per heavy atom. The summed E-state index contributed by atoms with van der Waals surface area (Å²) in [6.07, 6.45) is 0. The minimum Gasteiger partial charge on any atom is -0.507 e. The lowest BCUT2D eigenvalue weighted by Crippen LogP contribution is -2.30. The summed E-state index contributed by atoms with van der Waals surface area (Å²) in [5, 5.41) is 11.5. The largest absolute Gasteiger partial charge is 0.507 e. The van der Waals surface area contributed by atoms with Gasteiger partial charge < -0.3 is 14.6 Å². The van der Waals surface area contributed by atoms with Crippen molar-refractivity contribution in [3.05, 3.63) is 125 Å². The number of aliphatic hydroxyl groups is 1. The molecule has 40 heavy (non-hydrogen) atoms. The van der Waals surface area contributed by atoms with E-state index < -0.39 is 17.7 Å². The van der Waals surface area contributed by atoms with Crippen LogP contribution in [0.3, 0.4) is 0 Å². The van der Waals surface area contributed by atoms with Gasteiger partial charge in [0.2, 0.25) is 0 Å². The number of ketones is 1. The van der Waals surface area contributed by atoms with Gasteiger partial charge in [0.1, 0.15) is 23.0 Å². The highest BCUT2D eigenvalue weighted by atomic mass is 16.5. The molecule has 1 fully saturated rings. The number of carbonyl (C=O) groups is 2. The standard InChI is InChI=1S/C34H31NO5/c1-22(2)21-39-26-18-16-24(17-19-26)32(36)30-31(35(34(38)33(30)37)29-15-8-7-10-23(29)3)25-11-9-14-28(20-25)40-27-12-5-4-6-13-27/h4-20,22,31,36H,21H2,1-3H3/b32-30-. The Hall–Kier alpha value is -4.84. The van der Waals surface area contributed by atoms with Crippen LogP contribution in [0, 0.1) is 12.8 Å². The summed E-state index contributed by atoms with van der Waals surface area (Å²) < 4.78 is 11.8. The number of Topliss-reactive ketones (excluding diaryl/α,β-unsaturated/α-hetero) is 1. The number of hydrogen-bond donors (Lipinski definition) is 1. The summed E-state index contributed by atoms with van der Waals surface area (Å²) in [4.78, 5) is 28.6. The molecule has 1 amide bonds. The molecule has 1 unspecified atom stereocenters. The second kappa shape index (κ2) is 11.5. The monoisotopic (exact) mass is 533 g/mol. The van der Waals surface area contributed by atoms with Crippen molar-refractivity contribution >= 4 is 23.1 Å². The van der Waals surface area contributed by atoms with Crippen molar-refractivity contribution in [3.63, 3.8) is 0 Å². The average molecular weight is 534 g/mol. The van der Waals surface area contributed by atoms with Crippen LogP contribution in [0.2, 0.25) is 0 Å². The van der Waals surface area contributed by atoms with Gasteiger partial charge in [0.15, 0.2) is 0 Å². The molecule has 1 aliphatic rings. The number of amides is 1. The van der Waals surface area contributed by atoms with Gasteiger partial charge in [-0.1, -0.05) is 62.4 Å². The third-order valence-corrected chi connectivity index (χ3v) is 6.68. The highest BCUT2D eigenvalue weighted by Gasteiger charge is 2.47. The van der Waals surface area contributed by atoms with E-state index in [1.807, 2.05) is 73.7 Å². The third kappa shape index (κ3) is 5.47. The van der Waals surface area contributed by atoms with Gasteiger partial charge in [-0.25, -0.2) is 0 Å². The van der Waals surface area contributed by atoms with Gasteiger partial charge in [-0.3, -0.25) is 14.5 Å². The molecular formula is C34H31NO5. The molecule has 0 saturated carbocycles. The fraction of sp³-hybridized carbons (Fsp3) is 0.176. The first-order valence-electron chi connectivity index (χ1n) is 13.3. The Morgan fingerprint density at radius 1 is 0.825 bits per heavy atom. The van der Waals surface area contributed by atoms with E-state index in [4.69, 9.17) is 9.47 Å². The molecular weight excluding hydrogens is 502 g/mol. The quantitative estimate of drug-likeness (QED) is 0.145. The highest BCUT2D eigenvalue weighted by molar-refractivity contribution is 6.51. The van der Waals surface area contributed by atoms with Crippen molar-refractivity contribution in [2.75, 3.05) is 11.5 Å². The topological polar surface area (TPSA) is 76.1 Å². The first kappa shape index (κ1) is 26.8. The molecule has 1 heterocycles. The number of para-hydroxylation sites is 2. The number of hydrogen-bond acceptors (Lipinski definition) is 5. The van der Waals surface area contributed by atoms with E-state index in [0.29, 0.717) is 46.6 Å². The molecule has 0 radical (unpaired) electrons. The maximum Gasteiger partial charge on any atom is 0.300 e. The number of aliphatic hydroxyl groups excluding tert-OH is 1. The number of ether oxygens (including phenoxy) is 2. The second-order valence-corrected chi connectivity index (χ2v) is 10.2. The highest BCUT2D eigenvalue weighted by Crippen LogP contribution is 2.44. The van der Waals surface area contributed by atoms with Crippen LogP contribution in [-0.2, 0) is 9.59 Å². The molecule has 202 valence electrons. The maximum atomic E-state index is 13.6. The van der Waals surface area contributed by atoms with Crippen molar-refractivity contribution in [1.82, 2.24) is 0 Å². The SMILES string of the molecule is Cc1ccccc1N1C(=O)C(=O)/C(=C(\O)c2ccc(OCC(C)C)cc2)C1c1cccc(Oc2ccccc2)c1. The van der Waals surface area contributed by atoms with Crippen LogP contribution in [0.25, 0.3) is 5.76 Å². The number of benzene rings is 4. The van der Waals surface area contributed by atoms with Gasteiger partial charge in [-0.05, 0) is 78.6 Å². The summed E-state index contributed by atoms with van der Waals surface area (Å²) in [6.45, 7) is 6.58. The first-order chi connectivity index (χ1) is 19.3. The first-order valence-corrected chi connectivity index (χ1v) is 13.3. The van der Waals surface area contributed by atoms with Crippen molar-refractivity contribution < 1.29 is 24.2 Å². The van der Waals surface area contributed by atoms with Gasteiger partial charge in [-0.2, -0.15) is 0 Å². The normalized spacial score (nSPS) is 16.4. The minimum absolute atomic E-state index is 0.0148. The number of aryl methyl sites for hydroxylation is 1. The smallest absolute Gasteiger partial charge is 0.300 e. The zero-order valence-electron chi connectivity index (χ0n) is 22.7. The van der Waals surface area contributed by atoms with Crippen LogP contribution in [0.1, 0.15) is 36.6 Å². The van der Waals surface area contributed by atoms with E-state index in [1.54, 1.807) is 36.4 Å². The Labute approximate surface area is 234 Å². The zero-order valence-corrected chi connectivity index (χ0v) is 22.7. The predicted molar refractivity (Wildman–Crippen MR) is 156 cm³/mol. The molecule has 5 rings (SSSR count). The van der Waals surface area contributed by atoms with E-state index in [0.717, 1.165) is 5.56 Å². The molecule has 1 aliphatic heterocycles. The minimum atomic E-state index is -0.864. The van der Waals surface area contributed by atoms with E-state index in [-0.39, 0.29) is 11.3 Å². The molecule has 1 saturated heterocycles. The molecule has 0 spiro atoms. The molecule has 4 aromatic rings. The summed E-state index contributed by atoms with van der Waals surface area (Å²) in [5.74, 6) is 0.537. The molecule has 6 nitrogen and oxygen atoms in total. The Kier molecular flexibility index (Phi) is 7.69. The van der Waals surface area contributed by atoms with Gasteiger partial charge in [0, 0.05) is 11.3 Å². The van der Waals surface area contributed by atoms with Gasteiger partial charge in [0.25, 0.3) is 11.7 Å². The molecule has 4 aromatic carbocycles. The van der Waals surface area contributed by atoms with Crippen LogP contribution < -0.4 is 14.4 Å². The van der Waals surface area contributed by atoms with E-state index in [2.05, 4.69) is 13.8 Å². The predicted octanol–water partition coefficient (Wildman–Crippen LogP) is 7.45. The maximum absolute atomic E-state index is 13.6. The average Bonchev–Trinajstić information content (AvgIpc) is 3.22. The van der Waals surface area contributed by atoms with Gasteiger partial charge in [-0.15, -0.1) is 0 Å². The van der Waals surface area contributed by atoms with Crippen LogP contribution in [0.15, 0.2) is 109 Å². The van der Waals surface area contributed by atoms with Crippen LogP contribution in [-0.4, -0.2) is 23.4 Å². The van der Waals surface area contributed by atoms with Crippen molar-refractivity contribution in [2.24, 2.45) is 5.92 Å². The summed E-state index contributed by atoms with van der Waals surface area (Å²) in [5.41, 5.74) is 2.50. The lowest BCUT2D eigenvalue weighted by atomic mass is 9.94. The third-order valence-electron chi connectivity index (χ3n) is 6.68. The van der Waals surface area contributed by atoms with E-state index in [1.165, 1.54) is 4.90 Å². The van der Waals surface area contributed by atoms with E-state index in [9.17, 15) is 14.7 Å². The lowest BCUT2D eigenvalue weighted by molar-refractivity contribution is -0.132. The van der Waals surface area contributed by atoms with Crippen molar-refractivity contribution in [1.29, 1.82) is 0 Å². The summed E-state index contributed by atoms with van der Waals surface area (Å²) in [7, 11) is 0. The zero-order chi connectivity index (χ0) is 28.2. The molecule has 0 aromatic heterocycles. The van der Waals surface area contributed by atoms with Crippen LogP contribution >= 0.6 is 0 Å². The number of carbonyl (C=O) groups excluding carboxylic acids is 2. The molecule has 1 atom stereocenters. The Morgan fingerprint density at radius 3 is 2.20 bits per heavy atom. The fourth-order valence-corrected chi connectivity index (χ4v) is 4.73. The lowest BCUT2D eigenvalue weighted by Gasteiger charge is -2.27. The summed E-state index contributed by atoms with van der Waals surface area (Å²) >= 11 is 0. The van der Waals surface area contributed by atoms with Gasteiger partial charge in [0.05, 0.1) is 18.2 Å². The number of rotatable bonds is 8. The van der Waals surface area contributed by atoms with Crippen LogP contribution in [0.4, 0.5) is 5.69 Å². The molecule has 0 bridgehead atoms. The molecule has 6 heteroatoms. The molecule has 1 N–H and O–H groups in total.